The van der Waals surface area contributed by atoms with E-state index in [-0.39, 0.29) is 11.6 Å². The molecule has 3 nitrogen and oxygen atoms in total. The third-order valence-corrected chi connectivity index (χ3v) is 4.93. The number of aromatic nitrogens is 1. The van der Waals surface area contributed by atoms with Crippen molar-refractivity contribution in [2.24, 2.45) is 0 Å². The zero-order valence-corrected chi connectivity index (χ0v) is 16.0. The first-order chi connectivity index (χ1) is 12.7. The van der Waals surface area contributed by atoms with Crippen molar-refractivity contribution in [3.05, 3.63) is 58.7 Å². The van der Waals surface area contributed by atoms with Crippen LogP contribution in [0.3, 0.4) is 0 Å². The topological polar surface area (TPSA) is 34.1 Å². The van der Waals surface area contributed by atoms with Gasteiger partial charge in [-0.05, 0) is 24.6 Å². The maximum absolute atomic E-state index is 14.2. The number of benzene rings is 2. The molecule has 0 aliphatic heterocycles. The molecule has 0 spiro atoms. The highest BCUT2D eigenvalue weighted by molar-refractivity contribution is 7.14. The van der Waals surface area contributed by atoms with Crippen LogP contribution in [0.1, 0.15) is 26.2 Å². The molecule has 0 atom stereocenters. The van der Waals surface area contributed by atoms with Gasteiger partial charge in [-0.1, -0.05) is 49.6 Å². The molecule has 0 aliphatic carbocycles. The molecule has 3 rings (SSSR count). The molecular weight excluding hydrogens is 371 g/mol. The Balaban J connectivity index is 1.66. The first-order valence-corrected chi connectivity index (χ1v) is 9.83. The molecule has 0 fully saturated rings. The molecule has 1 N–H and O–H groups in total. The molecule has 1 heterocycles. The second-order valence-corrected chi connectivity index (χ2v) is 7.11. The molecule has 0 amide bonds. The summed E-state index contributed by atoms with van der Waals surface area (Å²) >= 11 is 7.65. The minimum Gasteiger partial charge on any atom is -0.491 e. The van der Waals surface area contributed by atoms with Crippen LogP contribution in [0.4, 0.5) is 15.2 Å². The third kappa shape index (κ3) is 4.74. The van der Waals surface area contributed by atoms with Crippen LogP contribution in [0.5, 0.6) is 5.75 Å². The monoisotopic (exact) mass is 390 g/mol. The van der Waals surface area contributed by atoms with E-state index in [0.717, 1.165) is 30.5 Å². The van der Waals surface area contributed by atoms with E-state index >= 15 is 0 Å². The van der Waals surface area contributed by atoms with Gasteiger partial charge in [-0.25, -0.2) is 9.37 Å². The van der Waals surface area contributed by atoms with Crippen LogP contribution in [0, 0.1) is 5.82 Å². The van der Waals surface area contributed by atoms with Gasteiger partial charge in [-0.15, -0.1) is 11.3 Å². The van der Waals surface area contributed by atoms with E-state index in [1.165, 1.54) is 17.4 Å². The summed E-state index contributed by atoms with van der Waals surface area (Å²) in [6, 6.07) is 12.4. The van der Waals surface area contributed by atoms with Gasteiger partial charge >= 0.3 is 0 Å². The predicted molar refractivity (Wildman–Crippen MR) is 107 cm³/mol. The molecule has 0 unspecified atom stereocenters. The first kappa shape index (κ1) is 18.7. The SMILES string of the molecule is CCCCCOc1ccc(Nc2nc(-c3ccccc3Cl)cs2)cc1F. The Hall–Kier alpha value is -2.11. The maximum atomic E-state index is 14.2. The molecule has 3 aromatic rings. The molecule has 6 heteroatoms. The summed E-state index contributed by atoms with van der Waals surface area (Å²) in [5.74, 6) is -0.100. The second kappa shape index (κ2) is 9.01. The first-order valence-electron chi connectivity index (χ1n) is 8.57. The van der Waals surface area contributed by atoms with Gasteiger partial charge in [-0.2, -0.15) is 0 Å². The van der Waals surface area contributed by atoms with Gasteiger partial charge in [0.15, 0.2) is 16.7 Å². The quantitative estimate of drug-likeness (QED) is 0.424. The molecular formula is C20H20ClFN2OS. The summed E-state index contributed by atoms with van der Waals surface area (Å²) < 4.78 is 19.7. The molecule has 0 bridgehead atoms. The highest BCUT2D eigenvalue weighted by Crippen LogP contribution is 2.32. The molecule has 0 radical (unpaired) electrons. The van der Waals surface area contributed by atoms with Gasteiger partial charge in [0.25, 0.3) is 0 Å². The maximum Gasteiger partial charge on any atom is 0.187 e. The van der Waals surface area contributed by atoms with Crippen molar-refractivity contribution >= 4 is 33.8 Å². The molecule has 26 heavy (non-hydrogen) atoms. The number of thiazole rings is 1. The van der Waals surface area contributed by atoms with E-state index in [9.17, 15) is 4.39 Å². The third-order valence-electron chi connectivity index (χ3n) is 3.84. The fraction of sp³-hybridized carbons (Fsp3) is 0.250. The second-order valence-electron chi connectivity index (χ2n) is 5.84. The van der Waals surface area contributed by atoms with E-state index in [2.05, 4.69) is 17.2 Å². The van der Waals surface area contributed by atoms with Crippen LogP contribution < -0.4 is 10.1 Å². The van der Waals surface area contributed by atoms with Crippen molar-refractivity contribution in [1.82, 2.24) is 4.98 Å². The van der Waals surface area contributed by atoms with E-state index < -0.39 is 0 Å². The molecule has 0 aliphatic rings. The number of ether oxygens (including phenoxy) is 1. The summed E-state index contributed by atoms with van der Waals surface area (Å²) in [5, 5.41) is 6.38. The number of rotatable bonds is 8. The Labute approximate surface area is 161 Å². The Bertz CT molecular complexity index is 869. The summed E-state index contributed by atoms with van der Waals surface area (Å²) in [6.07, 6.45) is 3.12. The lowest BCUT2D eigenvalue weighted by Crippen LogP contribution is -2.00. The van der Waals surface area contributed by atoms with Crippen LogP contribution in [0.2, 0.25) is 5.02 Å². The smallest absolute Gasteiger partial charge is 0.187 e. The van der Waals surface area contributed by atoms with Crippen molar-refractivity contribution in [3.63, 3.8) is 0 Å². The lowest BCUT2D eigenvalue weighted by atomic mass is 10.2. The standard InChI is InChI=1S/C20H20ClFN2OS/c1-2-3-6-11-25-19-10-9-14(12-17(19)22)23-20-24-18(13-26-20)15-7-4-5-8-16(15)21/h4-5,7-10,12-13H,2-3,6,11H2,1H3,(H,23,24). The van der Waals surface area contributed by atoms with Crippen LogP contribution >= 0.6 is 22.9 Å². The summed E-state index contributed by atoms with van der Waals surface area (Å²) in [7, 11) is 0. The van der Waals surface area contributed by atoms with Crippen LogP contribution in [-0.2, 0) is 0 Å². The number of halogens is 2. The van der Waals surface area contributed by atoms with Gasteiger partial charge in [0.1, 0.15) is 0 Å². The minimum atomic E-state index is -0.380. The van der Waals surface area contributed by atoms with Gasteiger partial charge in [0, 0.05) is 27.7 Å². The summed E-state index contributed by atoms with van der Waals surface area (Å²) in [4.78, 5) is 4.53. The fourth-order valence-corrected chi connectivity index (χ4v) is 3.44. The molecule has 2 aromatic carbocycles. The van der Waals surface area contributed by atoms with Gasteiger partial charge in [0.2, 0.25) is 0 Å². The van der Waals surface area contributed by atoms with E-state index in [1.54, 1.807) is 12.1 Å². The normalized spacial score (nSPS) is 10.7. The Kier molecular flexibility index (Phi) is 6.47. The lowest BCUT2D eigenvalue weighted by Gasteiger charge is -2.09. The summed E-state index contributed by atoms with van der Waals surface area (Å²) in [6.45, 7) is 2.65. The van der Waals surface area contributed by atoms with Gasteiger partial charge in [0.05, 0.1) is 12.3 Å². The van der Waals surface area contributed by atoms with Crippen molar-refractivity contribution in [2.45, 2.75) is 26.2 Å². The van der Waals surface area contributed by atoms with E-state index in [0.29, 0.717) is 22.4 Å². The number of nitrogens with one attached hydrogen (secondary N) is 1. The Morgan fingerprint density at radius 1 is 1.19 bits per heavy atom. The molecule has 1 aromatic heterocycles. The Morgan fingerprint density at radius 3 is 2.81 bits per heavy atom. The van der Waals surface area contributed by atoms with Crippen LogP contribution in [0.25, 0.3) is 11.3 Å². The zero-order valence-electron chi connectivity index (χ0n) is 14.5. The average Bonchev–Trinajstić information content (AvgIpc) is 3.09. The van der Waals surface area contributed by atoms with Crippen LogP contribution in [-0.4, -0.2) is 11.6 Å². The lowest BCUT2D eigenvalue weighted by molar-refractivity contribution is 0.291. The van der Waals surface area contributed by atoms with Crippen molar-refractivity contribution in [1.29, 1.82) is 0 Å². The van der Waals surface area contributed by atoms with E-state index in [4.69, 9.17) is 16.3 Å². The zero-order chi connectivity index (χ0) is 18.4. The number of anilines is 2. The number of hydrogen-bond donors (Lipinski definition) is 1. The Morgan fingerprint density at radius 2 is 2.04 bits per heavy atom. The summed E-state index contributed by atoms with van der Waals surface area (Å²) in [5.41, 5.74) is 2.29. The van der Waals surface area contributed by atoms with Crippen molar-refractivity contribution in [2.75, 3.05) is 11.9 Å². The molecule has 136 valence electrons. The molecule has 0 saturated heterocycles. The highest BCUT2D eigenvalue weighted by atomic mass is 35.5. The molecule has 0 saturated carbocycles. The fourth-order valence-electron chi connectivity index (χ4n) is 2.48. The van der Waals surface area contributed by atoms with Gasteiger partial charge < -0.3 is 10.1 Å². The average molecular weight is 391 g/mol. The van der Waals surface area contributed by atoms with E-state index in [1.807, 2.05) is 29.6 Å². The predicted octanol–water partition coefficient (Wildman–Crippen LogP) is 6.92. The highest BCUT2D eigenvalue weighted by Gasteiger charge is 2.09. The largest absolute Gasteiger partial charge is 0.491 e. The number of nitrogens with zero attached hydrogens (tertiary/aromatic N) is 1. The van der Waals surface area contributed by atoms with Crippen molar-refractivity contribution < 1.29 is 9.13 Å². The number of unbranched alkanes of at least 4 members (excludes halogenated alkanes) is 2. The van der Waals surface area contributed by atoms with Gasteiger partial charge in [-0.3, -0.25) is 0 Å². The minimum absolute atomic E-state index is 0.280. The van der Waals surface area contributed by atoms with Crippen LogP contribution in [0.15, 0.2) is 47.8 Å². The van der Waals surface area contributed by atoms with Crippen molar-refractivity contribution in [3.8, 4) is 17.0 Å². The number of hydrogen-bond acceptors (Lipinski definition) is 4.